The highest BCUT2D eigenvalue weighted by molar-refractivity contribution is 5.28. The lowest BCUT2D eigenvalue weighted by atomic mass is 9.93. The molecular weight excluding hydrogens is 227 g/mol. The van der Waals surface area contributed by atoms with Gasteiger partial charge in [0.15, 0.2) is 0 Å². The lowest BCUT2D eigenvalue weighted by molar-refractivity contribution is 0.372. The number of halogens is 1. The summed E-state index contributed by atoms with van der Waals surface area (Å²) in [5.74, 6) is -0.253. The average molecular weight is 244 g/mol. The summed E-state index contributed by atoms with van der Waals surface area (Å²) in [6.45, 7) is 0. The van der Waals surface area contributed by atoms with Gasteiger partial charge in [0.2, 0.25) is 0 Å². The van der Waals surface area contributed by atoms with Gasteiger partial charge in [-0.2, -0.15) is 0 Å². The lowest BCUT2D eigenvalue weighted by Crippen LogP contribution is -2.50. The van der Waals surface area contributed by atoms with Gasteiger partial charge in [0.25, 0.3) is 0 Å². The van der Waals surface area contributed by atoms with E-state index in [9.17, 15) is 4.39 Å². The van der Waals surface area contributed by atoms with E-state index >= 15 is 0 Å². The summed E-state index contributed by atoms with van der Waals surface area (Å²) < 4.78 is 12.9. The second-order valence-electron chi connectivity index (χ2n) is 4.39. The molecule has 0 aliphatic carbocycles. The van der Waals surface area contributed by atoms with Crippen LogP contribution in [0.25, 0.3) is 0 Å². The van der Waals surface area contributed by atoms with Crippen LogP contribution >= 0.6 is 0 Å². The van der Waals surface area contributed by atoms with Gasteiger partial charge in [0.1, 0.15) is 5.82 Å². The second-order valence-corrected chi connectivity index (χ2v) is 4.39. The molecule has 0 saturated carbocycles. The monoisotopic (exact) mass is 244 g/mol. The number of nitrogens with two attached hydrogens (primary N) is 1. The van der Waals surface area contributed by atoms with E-state index in [1.807, 2.05) is 37.4 Å². The highest BCUT2D eigenvalue weighted by Gasteiger charge is 2.25. The summed E-state index contributed by atoms with van der Waals surface area (Å²) in [6, 6.07) is 16.3. The molecule has 3 heteroatoms. The van der Waals surface area contributed by atoms with E-state index < -0.39 is 5.66 Å². The molecular formula is C15H17FN2. The second kappa shape index (κ2) is 5.29. The van der Waals surface area contributed by atoms with Crippen LogP contribution in [0.5, 0.6) is 0 Å². The SMILES string of the molecule is CNC(N)(Cc1ccccc1)c1ccc(F)cc1. The Morgan fingerprint density at radius 2 is 1.67 bits per heavy atom. The van der Waals surface area contributed by atoms with Crippen molar-refractivity contribution in [1.29, 1.82) is 0 Å². The van der Waals surface area contributed by atoms with E-state index in [4.69, 9.17) is 5.73 Å². The van der Waals surface area contributed by atoms with Crippen LogP contribution in [0.2, 0.25) is 0 Å². The fourth-order valence-electron chi connectivity index (χ4n) is 2.00. The van der Waals surface area contributed by atoms with Crippen LogP contribution in [0.1, 0.15) is 11.1 Å². The summed E-state index contributed by atoms with van der Waals surface area (Å²) in [5, 5.41) is 3.12. The number of rotatable bonds is 4. The molecule has 0 saturated heterocycles. The molecule has 2 nitrogen and oxygen atoms in total. The molecule has 0 bridgehead atoms. The maximum atomic E-state index is 12.9. The fraction of sp³-hybridized carbons (Fsp3) is 0.200. The first-order valence-corrected chi connectivity index (χ1v) is 5.92. The van der Waals surface area contributed by atoms with Crippen LogP contribution in [-0.4, -0.2) is 7.05 Å². The Morgan fingerprint density at radius 1 is 1.06 bits per heavy atom. The summed E-state index contributed by atoms with van der Waals surface area (Å²) in [4.78, 5) is 0. The molecule has 0 radical (unpaired) electrons. The molecule has 0 aliphatic rings. The molecule has 2 aromatic rings. The summed E-state index contributed by atoms with van der Waals surface area (Å²) in [6.07, 6.45) is 0.649. The molecule has 0 aliphatic heterocycles. The Hall–Kier alpha value is -1.71. The van der Waals surface area contributed by atoms with E-state index in [1.165, 1.54) is 12.1 Å². The lowest BCUT2D eigenvalue weighted by Gasteiger charge is -2.30. The van der Waals surface area contributed by atoms with Gasteiger partial charge < -0.3 is 5.73 Å². The largest absolute Gasteiger partial charge is 0.309 e. The number of hydrogen-bond acceptors (Lipinski definition) is 2. The number of likely N-dealkylation sites (N-methyl/N-ethyl adjacent to an activating group) is 1. The first kappa shape index (κ1) is 12.7. The normalized spacial score (nSPS) is 14.2. The van der Waals surface area contributed by atoms with Gasteiger partial charge in [-0.25, -0.2) is 4.39 Å². The molecule has 2 rings (SSSR count). The zero-order valence-corrected chi connectivity index (χ0v) is 10.4. The van der Waals surface area contributed by atoms with Gasteiger partial charge >= 0.3 is 0 Å². The molecule has 0 amide bonds. The number of nitrogens with one attached hydrogen (secondary N) is 1. The molecule has 94 valence electrons. The minimum atomic E-state index is -0.685. The van der Waals surface area contributed by atoms with Crippen molar-refractivity contribution in [2.24, 2.45) is 5.73 Å². The fourth-order valence-corrected chi connectivity index (χ4v) is 2.00. The van der Waals surface area contributed by atoms with Crippen molar-refractivity contribution in [3.63, 3.8) is 0 Å². The highest BCUT2D eigenvalue weighted by atomic mass is 19.1. The summed E-state index contributed by atoms with van der Waals surface area (Å²) >= 11 is 0. The summed E-state index contributed by atoms with van der Waals surface area (Å²) in [5.41, 5.74) is 7.69. The van der Waals surface area contributed by atoms with E-state index in [1.54, 1.807) is 12.1 Å². The topological polar surface area (TPSA) is 38.0 Å². The van der Waals surface area contributed by atoms with Gasteiger partial charge in [-0.3, -0.25) is 5.32 Å². The smallest absolute Gasteiger partial charge is 0.123 e. The maximum Gasteiger partial charge on any atom is 0.123 e. The Balaban J connectivity index is 2.28. The van der Waals surface area contributed by atoms with Gasteiger partial charge in [-0.05, 0) is 30.3 Å². The van der Waals surface area contributed by atoms with Crippen LogP contribution in [-0.2, 0) is 12.1 Å². The zero-order valence-electron chi connectivity index (χ0n) is 10.4. The van der Waals surface area contributed by atoms with E-state index in [0.29, 0.717) is 6.42 Å². The van der Waals surface area contributed by atoms with Gasteiger partial charge in [-0.15, -0.1) is 0 Å². The average Bonchev–Trinajstić information content (AvgIpc) is 2.40. The molecule has 3 N–H and O–H groups in total. The van der Waals surface area contributed by atoms with Crippen molar-refractivity contribution < 1.29 is 4.39 Å². The number of benzene rings is 2. The van der Waals surface area contributed by atoms with Gasteiger partial charge in [0.05, 0.1) is 5.66 Å². The highest BCUT2D eigenvalue weighted by Crippen LogP contribution is 2.20. The first-order valence-electron chi connectivity index (χ1n) is 5.92. The minimum absolute atomic E-state index is 0.253. The molecule has 1 unspecified atom stereocenters. The minimum Gasteiger partial charge on any atom is -0.309 e. The van der Waals surface area contributed by atoms with Crippen molar-refractivity contribution >= 4 is 0 Å². The molecule has 0 fully saturated rings. The Morgan fingerprint density at radius 3 is 2.22 bits per heavy atom. The Labute approximate surface area is 107 Å². The molecule has 0 heterocycles. The third kappa shape index (κ3) is 2.75. The van der Waals surface area contributed by atoms with Crippen LogP contribution in [0.3, 0.4) is 0 Å². The molecule has 18 heavy (non-hydrogen) atoms. The van der Waals surface area contributed by atoms with Crippen LogP contribution < -0.4 is 11.1 Å². The maximum absolute atomic E-state index is 12.9. The predicted octanol–water partition coefficient (Wildman–Crippen LogP) is 2.40. The summed E-state index contributed by atoms with van der Waals surface area (Å²) in [7, 11) is 1.81. The third-order valence-electron chi connectivity index (χ3n) is 3.13. The molecule has 1 atom stereocenters. The Kier molecular flexibility index (Phi) is 3.75. The number of hydrogen-bond donors (Lipinski definition) is 2. The quantitative estimate of drug-likeness (QED) is 0.810. The van der Waals surface area contributed by atoms with E-state index in [0.717, 1.165) is 11.1 Å². The van der Waals surface area contributed by atoms with Crippen molar-refractivity contribution in [3.8, 4) is 0 Å². The van der Waals surface area contributed by atoms with Crippen molar-refractivity contribution in [2.45, 2.75) is 12.1 Å². The standard InChI is InChI=1S/C15H17FN2/c1-18-15(17,11-12-5-3-2-4-6-12)13-7-9-14(16)10-8-13/h2-10,18H,11,17H2,1H3. The third-order valence-corrected chi connectivity index (χ3v) is 3.13. The molecule has 0 aromatic heterocycles. The van der Waals surface area contributed by atoms with Crippen molar-refractivity contribution in [3.05, 3.63) is 71.5 Å². The van der Waals surface area contributed by atoms with E-state index in [2.05, 4.69) is 5.32 Å². The van der Waals surface area contributed by atoms with Crippen molar-refractivity contribution in [1.82, 2.24) is 5.32 Å². The van der Waals surface area contributed by atoms with Crippen LogP contribution in [0.15, 0.2) is 54.6 Å². The first-order chi connectivity index (χ1) is 8.64. The molecule has 0 spiro atoms. The van der Waals surface area contributed by atoms with Crippen molar-refractivity contribution in [2.75, 3.05) is 7.05 Å². The zero-order chi connectivity index (χ0) is 13.0. The Bertz CT molecular complexity index is 496. The predicted molar refractivity (Wildman–Crippen MR) is 71.5 cm³/mol. The van der Waals surface area contributed by atoms with Gasteiger partial charge in [0, 0.05) is 6.42 Å². The molecule has 2 aromatic carbocycles. The van der Waals surface area contributed by atoms with E-state index in [-0.39, 0.29) is 5.82 Å². The van der Waals surface area contributed by atoms with Gasteiger partial charge in [-0.1, -0.05) is 42.5 Å². The van der Waals surface area contributed by atoms with Crippen LogP contribution in [0.4, 0.5) is 4.39 Å². The van der Waals surface area contributed by atoms with Crippen LogP contribution in [0, 0.1) is 5.82 Å².